The lowest BCUT2D eigenvalue weighted by Crippen LogP contribution is -2.41. The third-order valence-electron chi connectivity index (χ3n) is 4.48. The Morgan fingerprint density at radius 1 is 1.33 bits per heavy atom. The summed E-state index contributed by atoms with van der Waals surface area (Å²) in [6.45, 7) is 11.7. The highest BCUT2D eigenvalue weighted by molar-refractivity contribution is 6.55. The van der Waals surface area contributed by atoms with Crippen LogP contribution in [0.4, 0.5) is 4.79 Å². The second-order valence-electron chi connectivity index (χ2n) is 6.72. The van der Waals surface area contributed by atoms with Crippen molar-refractivity contribution in [2.24, 2.45) is 0 Å². The second-order valence-corrected chi connectivity index (χ2v) is 6.72. The van der Waals surface area contributed by atoms with E-state index in [1.165, 1.54) is 0 Å². The van der Waals surface area contributed by atoms with Crippen LogP contribution in [0.3, 0.4) is 0 Å². The molecule has 1 fully saturated rings. The molecule has 0 spiro atoms. The van der Waals surface area contributed by atoms with Crippen LogP contribution in [0.2, 0.25) is 0 Å². The third-order valence-corrected chi connectivity index (χ3v) is 4.48. The summed E-state index contributed by atoms with van der Waals surface area (Å²) in [7, 11) is -0.372. The summed E-state index contributed by atoms with van der Waals surface area (Å²) in [5.74, 6) is 0. The molecule has 2 aliphatic heterocycles. The highest BCUT2D eigenvalue weighted by atomic mass is 16.7. The number of carbonyl (C=O) groups excluding carboxylic acids is 1. The van der Waals surface area contributed by atoms with E-state index in [0.717, 1.165) is 18.3 Å². The van der Waals surface area contributed by atoms with Crippen LogP contribution in [-0.4, -0.2) is 49.0 Å². The van der Waals surface area contributed by atoms with E-state index in [2.05, 4.69) is 6.92 Å². The molecule has 21 heavy (non-hydrogen) atoms. The molecule has 5 nitrogen and oxygen atoms in total. The first-order chi connectivity index (χ1) is 9.77. The molecular weight excluding hydrogens is 269 g/mol. The van der Waals surface area contributed by atoms with Crippen LogP contribution in [0.25, 0.3) is 0 Å². The van der Waals surface area contributed by atoms with Crippen molar-refractivity contribution < 1.29 is 18.8 Å². The fourth-order valence-electron chi connectivity index (χ4n) is 2.28. The second kappa shape index (κ2) is 6.01. The van der Waals surface area contributed by atoms with Gasteiger partial charge in [-0.05, 0) is 39.6 Å². The minimum absolute atomic E-state index is 0.258. The molecule has 0 aromatic rings. The Morgan fingerprint density at radius 2 is 1.95 bits per heavy atom. The van der Waals surface area contributed by atoms with Gasteiger partial charge >= 0.3 is 13.2 Å². The highest BCUT2D eigenvalue weighted by Gasteiger charge is 2.53. The molecule has 1 saturated heterocycles. The van der Waals surface area contributed by atoms with Crippen molar-refractivity contribution in [3.05, 3.63) is 11.5 Å². The smallest absolute Gasteiger partial charge is 0.449 e. The van der Waals surface area contributed by atoms with Crippen LogP contribution < -0.4 is 0 Å². The maximum Gasteiger partial charge on any atom is 0.492 e. The monoisotopic (exact) mass is 295 g/mol. The van der Waals surface area contributed by atoms with E-state index in [0.29, 0.717) is 19.7 Å². The Balaban J connectivity index is 1.87. The van der Waals surface area contributed by atoms with Gasteiger partial charge in [0.25, 0.3) is 0 Å². The third kappa shape index (κ3) is 3.43. The maximum absolute atomic E-state index is 11.9. The van der Waals surface area contributed by atoms with E-state index in [1.807, 2.05) is 33.8 Å². The van der Waals surface area contributed by atoms with Gasteiger partial charge in [0.2, 0.25) is 0 Å². The van der Waals surface area contributed by atoms with Crippen molar-refractivity contribution in [2.75, 3.05) is 19.7 Å². The topological polar surface area (TPSA) is 48.0 Å². The van der Waals surface area contributed by atoms with Crippen molar-refractivity contribution in [1.82, 2.24) is 4.90 Å². The molecule has 0 N–H and O–H groups in total. The van der Waals surface area contributed by atoms with E-state index in [1.54, 1.807) is 4.90 Å². The fraction of sp³-hybridized carbons (Fsp3) is 0.800. The van der Waals surface area contributed by atoms with Crippen LogP contribution >= 0.6 is 0 Å². The van der Waals surface area contributed by atoms with Gasteiger partial charge in [-0.15, -0.1) is 0 Å². The zero-order chi connectivity index (χ0) is 15.7. The number of nitrogens with zero attached hydrogens (tertiary/aromatic N) is 1. The number of ether oxygens (including phenoxy) is 1. The largest absolute Gasteiger partial charge is 0.492 e. The van der Waals surface area contributed by atoms with E-state index < -0.39 is 0 Å². The van der Waals surface area contributed by atoms with Crippen LogP contribution in [0.1, 0.15) is 47.5 Å². The van der Waals surface area contributed by atoms with Crippen molar-refractivity contribution in [1.29, 1.82) is 0 Å². The minimum atomic E-state index is -0.372. The van der Waals surface area contributed by atoms with Crippen molar-refractivity contribution in [2.45, 2.75) is 58.7 Å². The quantitative estimate of drug-likeness (QED) is 0.591. The summed E-state index contributed by atoms with van der Waals surface area (Å²) in [5, 5.41) is 0. The highest BCUT2D eigenvalue weighted by Crippen LogP contribution is 2.39. The molecule has 0 radical (unpaired) electrons. The average Bonchev–Trinajstić information content (AvgIpc) is 2.93. The average molecular weight is 295 g/mol. The van der Waals surface area contributed by atoms with Crippen molar-refractivity contribution in [3.63, 3.8) is 0 Å². The van der Waals surface area contributed by atoms with Crippen molar-refractivity contribution >= 4 is 13.2 Å². The molecule has 0 aromatic heterocycles. The molecular formula is C15H26BNO4. The van der Waals surface area contributed by atoms with E-state index >= 15 is 0 Å². The standard InChI is InChI=1S/C15H26BNO4/c1-6-7-10-19-13(18)17-9-8-12(11-17)16-20-14(2,3)15(4,5)21-16/h8H,6-7,9-11H2,1-5H3. The molecule has 118 valence electrons. The first-order valence-corrected chi connectivity index (χ1v) is 7.73. The molecule has 6 heteroatoms. The lowest BCUT2D eigenvalue weighted by atomic mass is 9.79. The molecule has 0 aromatic carbocycles. The zero-order valence-electron chi connectivity index (χ0n) is 13.8. The van der Waals surface area contributed by atoms with Crippen molar-refractivity contribution in [3.8, 4) is 0 Å². The summed E-state index contributed by atoms with van der Waals surface area (Å²) < 4.78 is 17.2. The number of hydrogen-bond donors (Lipinski definition) is 0. The normalized spacial score (nSPS) is 23.4. The van der Waals surface area contributed by atoms with Crippen LogP contribution in [-0.2, 0) is 14.0 Å². The molecule has 2 heterocycles. The summed E-state index contributed by atoms with van der Waals surface area (Å²) in [5.41, 5.74) is 0.294. The Morgan fingerprint density at radius 3 is 2.52 bits per heavy atom. The number of rotatable bonds is 4. The molecule has 1 amide bonds. The molecule has 0 saturated carbocycles. The molecule has 0 unspecified atom stereocenters. The van der Waals surface area contributed by atoms with Gasteiger partial charge in [-0.2, -0.15) is 0 Å². The molecule has 0 bridgehead atoms. The summed E-state index contributed by atoms with van der Waals surface area (Å²) >= 11 is 0. The SMILES string of the molecule is CCCCOC(=O)N1CC=C(B2OC(C)(C)C(C)(C)O2)C1. The van der Waals surface area contributed by atoms with Gasteiger partial charge in [-0.25, -0.2) is 4.79 Å². The minimum Gasteiger partial charge on any atom is -0.449 e. The molecule has 2 rings (SSSR count). The fourth-order valence-corrected chi connectivity index (χ4v) is 2.28. The number of hydrogen-bond acceptors (Lipinski definition) is 4. The Kier molecular flexibility index (Phi) is 4.68. The molecule has 0 atom stereocenters. The van der Waals surface area contributed by atoms with Gasteiger partial charge in [0.1, 0.15) is 0 Å². The first-order valence-electron chi connectivity index (χ1n) is 7.73. The summed E-state index contributed by atoms with van der Waals surface area (Å²) in [6.07, 6.45) is 3.66. The lowest BCUT2D eigenvalue weighted by Gasteiger charge is -2.32. The summed E-state index contributed by atoms with van der Waals surface area (Å²) in [6, 6.07) is 0. The predicted octanol–water partition coefficient (Wildman–Crippen LogP) is 2.80. The number of unbranched alkanes of at least 4 members (excludes halogenated alkanes) is 1. The van der Waals surface area contributed by atoms with Gasteiger partial charge in [0.15, 0.2) is 0 Å². The van der Waals surface area contributed by atoms with E-state index in [9.17, 15) is 4.79 Å². The maximum atomic E-state index is 11.9. The Bertz CT molecular complexity index is 417. The summed E-state index contributed by atoms with van der Waals surface area (Å²) in [4.78, 5) is 13.6. The van der Waals surface area contributed by atoms with Gasteiger partial charge in [-0.3, -0.25) is 0 Å². The number of amides is 1. The Hall–Kier alpha value is -1.01. The van der Waals surface area contributed by atoms with Crippen LogP contribution in [0, 0.1) is 0 Å². The van der Waals surface area contributed by atoms with Gasteiger partial charge < -0.3 is 18.9 Å². The Labute approximate surface area is 127 Å². The van der Waals surface area contributed by atoms with E-state index in [4.69, 9.17) is 14.0 Å². The van der Waals surface area contributed by atoms with Crippen LogP contribution in [0.5, 0.6) is 0 Å². The number of carbonyl (C=O) groups is 1. The van der Waals surface area contributed by atoms with Gasteiger partial charge in [-0.1, -0.05) is 19.4 Å². The zero-order valence-corrected chi connectivity index (χ0v) is 13.8. The lowest BCUT2D eigenvalue weighted by molar-refractivity contribution is 0.00578. The van der Waals surface area contributed by atoms with E-state index in [-0.39, 0.29) is 24.4 Å². The predicted molar refractivity (Wildman–Crippen MR) is 82.0 cm³/mol. The van der Waals surface area contributed by atoms with Gasteiger partial charge in [0, 0.05) is 13.1 Å². The molecule has 2 aliphatic rings. The molecule has 0 aliphatic carbocycles. The first kappa shape index (κ1) is 16.4. The van der Waals surface area contributed by atoms with Gasteiger partial charge in [0.05, 0.1) is 17.8 Å². The van der Waals surface area contributed by atoms with Crippen LogP contribution in [0.15, 0.2) is 11.5 Å².